The molecule has 0 saturated carbocycles. The Balaban J connectivity index is 2.65. The third-order valence-corrected chi connectivity index (χ3v) is 2.61. The summed E-state index contributed by atoms with van der Waals surface area (Å²) in [6, 6.07) is 0. The first kappa shape index (κ1) is 8.66. The Labute approximate surface area is 73.1 Å². The second kappa shape index (κ2) is 4.45. The summed E-state index contributed by atoms with van der Waals surface area (Å²) in [7, 11) is 0. The van der Waals surface area contributed by atoms with Gasteiger partial charge in [-0.3, -0.25) is 0 Å². The van der Waals surface area contributed by atoms with Crippen molar-refractivity contribution in [2.45, 2.75) is 25.5 Å². The second-order valence-electron chi connectivity index (χ2n) is 2.69. The van der Waals surface area contributed by atoms with Crippen LogP contribution < -0.4 is 0 Å². The topological polar surface area (TPSA) is 0 Å². The number of allylic oxidation sites excluding steroid dienone is 5. The van der Waals surface area contributed by atoms with Crippen LogP contribution in [0, 0.1) is 0 Å². The molecule has 1 rings (SSSR count). The summed E-state index contributed by atoms with van der Waals surface area (Å²) < 4.78 is 0. The highest BCUT2D eigenvalue weighted by molar-refractivity contribution is 8.03. The average molecular weight is 166 g/mol. The number of hydrogen-bond donors (Lipinski definition) is 0. The minimum absolute atomic E-state index is 0.606. The van der Waals surface area contributed by atoms with Crippen LogP contribution in [0.2, 0.25) is 0 Å². The van der Waals surface area contributed by atoms with Gasteiger partial charge in [0.15, 0.2) is 0 Å². The Kier molecular flexibility index (Phi) is 3.50. The maximum atomic E-state index is 2.27. The van der Waals surface area contributed by atoms with E-state index in [-0.39, 0.29) is 0 Å². The van der Waals surface area contributed by atoms with Gasteiger partial charge in [-0.25, -0.2) is 0 Å². The van der Waals surface area contributed by atoms with Crippen molar-refractivity contribution in [3.8, 4) is 0 Å². The van der Waals surface area contributed by atoms with Crippen molar-refractivity contribution in [2.75, 3.05) is 0 Å². The molecular formula is C10H14S. The van der Waals surface area contributed by atoms with Gasteiger partial charge in [0.25, 0.3) is 0 Å². The molecule has 0 aromatic rings. The molecule has 0 fully saturated rings. The molecule has 11 heavy (non-hydrogen) atoms. The number of thioether (sulfide) groups is 1. The Morgan fingerprint density at radius 3 is 3.09 bits per heavy atom. The van der Waals surface area contributed by atoms with Crippen LogP contribution in [0.1, 0.15) is 20.3 Å². The zero-order valence-corrected chi connectivity index (χ0v) is 7.90. The van der Waals surface area contributed by atoms with Crippen molar-refractivity contribution in [3.05, 3.63) is 35.3 Å². The molecule has 1 heterocycles. The van der Waals surface area contributed by atoms with E-state index in [1.165, 1.54) is 4.91 Å². The van der Waals surface area contributed by atoms with Gasteiger partial charge in [-0.05, 0) is 25.2 Å². The quantitative estimate of drug-likeness (QED) is 0.530. The van der Waals surface area contributed by atoms with Crippen LogP contribution in [0.25, 0.3) is 0 Å². The maximum Gasteiger partial charge on any atom is 0.0245 e. The van der Waals surface area contributed by atoms with Crippen LogP contribution in [-0.2, 0) is 0 Å². The fourth-order valence-corrected chi connectivity index (χ4v) is 1.94. The van der Waals surface area contributed by atoms with Crippen molar-refractivity contribution in [3.63, 3.8) is 0 Å². The first-order valence-corrected chi connectivity index (χ1v) is 4.84. The van der Waals surface area contributed by atoms with Crippen LogP contribution in [0.3, 0.4) is 0 Å². The smallest absolute Gasteiger partial charge is 0.0245 e. The summed E-state index contributed by atoms with van der Waals surface area (Å²) in [5.41, 5.74) is 0. The molecule has 0 radical (unpaired) electrons. The lowest BCUT2D eigenvalue weighted by atomic mass is 10.3. The van der Waals surface area contributed by atoms with E-state index in [0.717, 1.165) is 6.42 Å². The van der Waals surface area contributed by atoms with Crippen LogP contribution in [-0.4, -0.2) is 5.25 Å². The van der Waals surface area contributed by atoms with Gasteiger partial charge in [-0.1, -0.05) is 30.4 Å². The monoisotopic (exact) mass is 166 g/mol. The summed E-state index contributed by atoms with van der Waals surface area (Å²) in [6.45, 7) is 4.39. The zero-order chi connectivity index (χ0) is 8.10. The van der Waals surface area contributed by atoms with E-state index in [4.69, 9.17) is 0 Å². The molecule has 1 aliphatic rings. The number of hydrogen-bond acceptors (Lipinski definition) is 1. The molecule has 0 aliphatic carbocycles. The highest BCUT2D eigenvalue weighted by atomic mass is 32.2. The molecule has 0 saturated heterocycles. The molecule has 1 atom stereocenters. The highest BCUT2D eigenvalue weighted by Gasteiger charge is 1.98. The van der Waals surface area contributed by atoms with E-state index in [9.17, 15) is 0 Å². The minimum Gasteiger partial charge on any atom is -0.124 e. The minimum atomic E-state index is 0.606. The normalized spacial score (nSPS) is 35.8. The largest absolute Gasteiger partial charge is 0.124 e. The lowest BCUT2D eigenvalue weighted by Crippen LogP contribution is -1.87. The molecule has 60 valence electrons. The Bertz CT molecular complexity index is 199. The fourth-order valence-electron chi connectivity index (χ4n) is 0.992. The van der Waals surface area contributed by atoms with Crippen LogP contribution in [0.5, 0.6) is 0 Å². The molecule has 1 heteroatoms. The lowest BCUT2D eigenvalue weighted by Gasteiger charge is -2.04. The highest BCUT2D eigenvalue weighted by Crippen LogP contribution is 2.22. The van der Waals surface area contributed by atoms with Gasteiger partial charge in [0.2, 0.25) is 0 Å². The third kappa shape index (κ3) is 3.47. The van der Waals surface area contributed by atoms with E-state index in [1.807, 2.05) is 11.8 Å². The molecular weight excluding hydrogens is 152 g/mol. The Morgan fingerprint density at radius 1 is 1.45 bits per heavy atom. The van der Waals surface area contributed by atoms with Gasteiger partial charge in [0, 0.05) is 5.25 Å². The SMILES string of the molecule is C/C1=C/C/C=C\C=C/C(C)S1. The van der Waals surface area contributed by atoms with Crippen LogP contribution >= 0.6 is 11.8 Å². The Morgan fingerprint density at radius 2 is 2.27 bits per heavy atom. The van der Waals surface area contributed by atoms with Crippen molar-refractivity contribution in [1.82, 2.24) is 0 Å². The van der Waals surface area contributed by atoms with E-state index in [2.05, 4.69) is 44.2 Å². The first-order valence-electron chi connectivity index (χ1n) is 3.96. The molecule has 0 aromatic carbocycles. The molecule has 0 N–H and O–H groups in total. The fraction of sp³-hybridized carbons (Fsp3) is 0.400. The van der Waals surface area contributed by atoms with Crippen molar-refractivity contribution in [1.29, 1.82) is 0 Å². The van der Waals surface area contributed by atoms with Gasteiger partial charge in [-0.15, -0.1) is 11.8 Å². The zero-order valence-electron chi connectivity index (χ0n) is 7.08. The van der Waals surface area contributed by atoms with Crippen molar-refractivity contribution < 1.29 is 0 Å². The number of rotatable bonds is 0. The first-order chi connectivity index (χ1) is 5.29. The van der Waals surface area contributed by atoms with E-state index < -0.39 is 0 Å². The standard InChI is InChI=1S/C10H14S/c1-9-7-5-3-4-6-8-10(2)11-9/h3-5,7-9H,6H2,1-2H3/b4-3-,7-5-,10-8-. The molecule has 0 aromatic heterocycles. The summed E-state index contributed by atoms with van der Waals surface area (Å²) in [5.74, 6) is 0. The second-order valence-corrected chi connectivity index (χ2v) is 4.31. The van der Waals surface area contributed by atoms with E-state index in [1.54, 1.807) is 0 Å². The lowest BCUT2D eigenvalue weighted by molar-refractivity contribution is 1.25. The maximum absolute atomic E-state index is 2.27. The molecule has 0 nitrogen and oxygen atoms in total. The van der Waals surface area contributed by atoms with E-state index in [0.29, 0.717) is 5.25 Å². The van der Waals surface area contributed by atoms with Gasteiger partial charge in [0.1, 0.15) is 0 Å². The molecule has 1 unspecified atom stereocenters. The summed E-state index contributed by atoms with van der Waals surface area (Å²) >= 11 is 1.92. The van der Waals surface area contributed by atoms with E-state index >= 15 is 0 Å². The van der Waals surface area contributed by atoms with Crippen LogP contribution in [0.4, 0.5) is 0 Å². The molecule has 0 bridgehead atoms. The van der Waals surface area contributed by atoms with Crippen molar-refractivity contribution >= 4 is 11.8 Å². The van der Waals surface area contributed by atoms with Crippen molar-refractivity contribution in [2.24, 2.45) is 0 Å². The third-order valence-electron chi connectivity index (χ3n) is 1.54. The van der Waals surface area contributed by atoms with Gasteiger partial charge < -0.3 is 0 Å². The summed E-state index contributed by atoms with van der Waals surface area (Å²) in [6.07, 6.45) is 12.0. The molecule has 1 aliphatic heterocycles. The van der Waals surface area contributed by atoms with Gasteiger partial charge in [-0.2, -0.15) is 0 Å². The summed E-state index contributed by atoms with van der Waals surface area (Å²) in [4.78, 5) is 1.42. The average Bonchev–Trinajstić information content (AvgIpc) is 2.02. The molecule has 0 spiro atoms. The summed E-state index contributed by atoms with van der Waals surface area (Å²) in [5, 5.41) is 0.606. The molecule has 0 amide bonds. The van der Waals surface area contributed by atoms with Gasteiger partial charge >= 0.3 is 0 Å². The van der Waals surface area contributed by atoms with Crippen LogP contribution in [0.15, 0.2) is 35.3 Å². The predicted octanol–water partition coefficient (Wildman–Crippen LogP) is 3.53. The predicted molar refractivity (Wildman–Crippen MR) is 53.7 cm³/mol. The van der Waals surface area contributed by atoms with Gasteiger partial charge in [0.05, 0.1) is 0 Å². The Hall–Kier alpha value is -0.430.